The molecule has 0 saturated carbocycles. The van der Waals surface area contributed by atoms with E-state index < -0.39 is 0 Å². The highest BCUT2D eigenvalue weighted by molar-refractivity contribution is 5.75. The Balaban J connectivity index is 1.53. The first-order chi connectivity index (χ1) is 12.8. The van der Waals surface area contributed by atoms with E-state index in [2.05, 4.69) is 54.0 Å². The number of ether oxygens (including phenoxy) is 1. The van der Waals surface area contributed by atoms with E-state index in [1.807, 2.05) is 6.07 Å². The Labute approximate surface area is 155 Å². The van der Waals surface area contributed by atoms with Crippen molar-refractivity contribution >= 4 is 11.0 Å². The summed E-state index contributed by atoms with van der Waals surface area (Å²) < 4.78 is 8.14. The summed E-state index contributed by atoms with van der Waals surface area (Å²) in [5.41, 5.74) is 3.55. The first-order valence-electron chi connectivity index (χ1n) is 9.58. The van der Waals surface area contributed by atoms with Gasteiger partial charge in [0.2, 0.25) is 0 Å². The number of benzene rings is 2. The molecular formula is C22H28N2O2. The third-order valence-corrected chi connectivity index (χ3v) is 4.67. The Morgan fingerprint density at radius 3 is 2.58 bits per heavy atom. The molecule has 1 N–H and O–H groups in total. The van der Waals surface area contributed by atoms with Crippen molar-refractivity contribution in [3.05, 3.63) is 59.9 Å². The molecule has 0 bridgehead atoms. The van der Waals surface area contributed by atoms with Crippen LogP contribution in [-0.4, -0.2) is 27.9 Å². The number of aliphatic hydroxyl groups excluding tert-OH is 1. The van der Waals surface area contributed by atoms with Crippen molar-refractivity contribution in [2.45, 2.75) is 45.6 Å². The number of nitrogens with zero attached hydrogens (tertiary/aromatic N) is 2. The monoisotopic (exact) mass is 352 g/mol. The molecule has 2 aromatic carbocycles. The van der Waals surface area contributed by atoms with Gasteiger partial charge in [0.05, 0.1) is 17.6 Å². The smallest absolute Gasteiger partial charge is 0.119 e. The molecule has 0 saturated heterocycles. The molecular weight excluding hydrogens is 324 g/mol. The Bertz CT molecular complexity index is 809. The van der Waals surface area contributed by atoms with Crippen LogP contribution in [0.4, 0.5) is 0 Å². The molecule has 26 heavy (non-hydrogen) atoms. The lowest BCUT2D eigenvalue weighted by Gasteiger charge is -2.10. The van der Waals surface area contributed by atoms with Gasteiger partial charge in [-0.25, -0.2) is 4.98 Å². The lowest BCUT2D eigenvalue weighted by atomic mass is 10.2. The van der Waals surface area contributed by atoms with Crippen LogP contribution in [0.2, 0.25) is 0 Å². The fraction of sp³-hybridized carbons (Fsp3) is 0.409. The zero-order valence-corrected chi connectivity index (χ0v) is 15.5. The minimum Gasteiger partial charge on any atom is -0.494 e. The van der Waals surface area contributed by atoms with Gasteiger partial charge in [0.25, 0.3) is 0 Å². The van der Waals surface area contributed by atoms with E-state index in [9.17, 15) is 0 Å². The number of aryl methyl sites for hydroxylation is 3. The average molecular weight is 352 g/mol. The van der Waals surface area contributed by atoms with Crippen molar-refractivity contribution in [2.75, 3.05) is 13.2 Å². The fourth-order valence-corrected chi connectivity index (χ4v) is 3.19. The number of aromatic nitrogens is 2. The maximum atomic E-state index is 9.13. The number of hydrogen-bond donors (Lipinski definition) is 1. The summed E-state index contributed by atoms with van der Waals surface area (Å²) in [7, 11) is 0. The van der Waals surface area contributed by atoms with Crippen LogP contribution >= 0.6 is 0 Å². The lowest BCUT2D eigenvalue weighted by Crippen LogP contribution is -2.07. The summed E-state index contributed by atoms with van der Waals surface area (Å²) in [5.74, 6) is 2.01. The van der Waals surface area contributed by atoms with Gasteiger partial charge in [0.15, 0.2) is 0 Å². The Kier molecular flexibility index (Phi) is 6.67. The van der Waals surface area contributed by atoms with Crippen LogP contribution < -0.4 is 4.74 Å². The van der Waals surface area contributed by atoms with Gasteiger partial charge in [-0.05, 0) is 55.5 Å². The molecule has 0 radical (unpaired) electrons. The maximum Gasteiger partial charge on any atom is 0.119 e. The van der Waals surface area contributed by atoms with E-state index in [1.165, 1.54) is 11.1 Å². The predicted molar refractivity (Wildman–Crippen MR) is 106 cm³/mol. The highest BCUT2D eigenvalue weighted by Gasteiger charge is 2.09. The number of aliphatic hydroxyl groups is 1. The largest absolute Gasteiger partial charge is 0.494 e. The van der Waals surface area contributed by atoms with Gasteiger partial charge in [0.1, 0.15) is 11.6 Å². The van der Waals surface area contributed by atoms with Gasteiger partial charge < -0.3 is 14.4 Å². The van der Waals surface area contributed by atoms with E-state index >= 15 is 0 Å². The first kappa shape index (κ1) is 18.5. The summed E-state index contributed by atoms with van der Waals surface area (Å²) in [6.07, 6.45) is 4.66. The van der Waals surface area contributed by atoms with Crippen LogP contribution in [0.3, 0.4) is 0 Å². The van der Waals surface area contributed by atoms with Crippen molar-refractivity contribution in [3.8, 4) is 5.75 Å². The lowest BCUT2D eigenvalue weighted by molar-refractivity contribution is 0.286. The first-order valence-corrected chi connectivity index (χ1v) is 9.58. The molecule has 1 aromatic heterocycles. The number of imidazole rings is 1. The van der Waals surface area contributed by atoms with Crippen LogP contribution in [-0.2, 0) is 19.4 Å². The van der Waals surface area contributed by atoms with Crippen molar-refractivity contribution < 1.29 is 9.84 Å². The molecule has 3 rings (SSSR count). The molecule has 0 spiro atoms. The summed E-state index contributed by atoms with van der Waals surface area (Å²) in [5, 5.41) is 9.13. The third-order valence-electron chi connectivity index (χ3n) is 4.67. The second kappa shape index (κ2) is 9.39. The van der Waals surface area contributed by atoms with Gasteiger partial charge >= 0.3 is 0 Å². The minimum absolute atomic E-state index is 0.202. The number of rotatable bonds is 10. The zero-order chi connectivity index (χ0) is 18.2. The van der Waals surface area contributed by atoms with Crippen LogP contribution in [0.1, 0.15) is 37.6 Å². The molecule has 0 aliphatic carbocycles. The van der Waals surface area contributed by atoms with Crippen molar-refractivity contribution in [2.24, 2.45) is 0 Å². The molecule has 0 aliphatic heterocycles. The van der Waals surface area contributed by atoms with Crippen molar-refractivity contribution in [1.29, 1.82) is 0 Å². The highest BCUT2D eigenvalue weighted by atomic mass is 16.5. The van der Waals surface area contributed by atoms with Crippen LogP contribution in [0.15, 0.2) is 48.5 Å². The van der Waals surface area contributed by atoms with Gasteiger partial charge in [-0.15, -0.1) is 0 Å². The Morgan fingerprint density at radius 1 is 1.00 bits per heavy atom. The van der Waals surface area contributed by atoms with Crippen molar-refractivity contribution in [1.82, 2.24) is 9.55 Å². The Hall–Kier alpha value is -2.33. The van der Waals surface area contributed by atoms with Gasteiger partial charge in [-0.1, -0.05) is 31.2 Å². The van der Waals surface area contributed by atoms with Crippen LogP contribution in [0.5, 0.6) is 5.75 Å². The van der Waals surface area contributed by atoms with E-state index in [0.29, 0.717) is 0 Å². The summed E-state index contributed by atoms with van der Waals surface area (Å²) >= 11 is 0. The molecule has 4 nitrogen and oxygen atoms in total. The molecule has 1 heterocycles. The van der Waals surface area contributed by atoms with E-state index in [1.54, 1.807) is 0 Å². The number of para-hydroxylation sites is 2. The minimum atomic E-state index is 0.202. The second-order valence-electron chi connectivity index (χ2n) is 6.55. The molecule has 138 valence electrons. The summed E-state index contributed by atoms with van der Waals surface area (Å²) in [6, 6.07) is 16.6. The topological polar surface area (TPSA) is 47.3 Å². The number of unbranched alkanes of at least 4 members (excludes halogenated alkanes) is 1. The zero-order valence-electron chi connectivity index (χ0n) is 15.5. The maximum absolute atomic E-state index is 9.13. The number of hydrogen-bond acceptors (Lipinski definition) is 3. The van der Waals surface area contributed by atoms with Gasteiger partial charge in [0, 0.05) is 19.6 Å². The van der Waals surface area contributed by atoms with E-state index in [4.69, 9.17) is 14.8 Å². The second-order valence-corrected chi connectivity index (χ2v) is 6.55. The van der Waals surface area contributed by atoms with Gasteiger partial charge in [-0.2, -0.15) is 0 Å². The van der Waals surface area contributed by atoms with Gasteiger partial charge in [-0.3, -0.25) is 0 Å². The molecule has 0 unspecified atom stereocenters. The van der Waals surface area contributed by atoms with Crippen LogP contribution in [0, 0.1) is 0 Å². The quantitative estimate of drug-likeness (QED) is 0.551. The molecule has 0 amide bonds. The predicted octanol–water partition coefficient (Wildman–Crippen LogP) is 4.38. The Morgan fingerprint density at radius 2 is 1.81 bits per heavy atom. The summed E-state index contributed by atoms with van der Waals surface area (Å²) in [6.45, 7) is 4.02. The normalized spacial score (nSPS) is 11.2. The number of fused-ring (bicyclic) bond motifs is 1. The molecule has 0 atom stereocenters. The highest BCUT2D eigenvalue weighted by Crippen LogP contribution is 2.18. The van der Waals surface area contributed by atoms with Crippen molar-refractivity contribution in [3.63, 3.8) is 0 Å². The standard InChI is InChI=1S/C22H28N2O2/c1-2-18-11-13-19(14-12-18)26-17-6-5-15-24-21-9-4-3-8-20(21)23-22(24)10-7-16-25/h3-4,8-9,11-14,25H,2,5-7,10,15-17H2,1H3. The fourth-order valence-electron chi connectivity index (χ4n) is 3.19. The van der Waals surface area contributed by atoms with Crippen LogP contribution in [0.25, 0.3) is 11.0 Å². The molecule has 0 fully saturated rings. The van der Waals surface area contributed by atoms with E-state index in [-0.39, 0.29) is 6.61 Å². The molecule has 3 aromatic rings. The summed E-state index contributed by atoms with van der Waals surface area (Å²) in [4.78, 5) is 4.73. The third kappa shape index (κ3) is 4.64. The average Bonchev–Trinajstić information content (AvgIpc) is 3.04. The molecule has 4 heteroatoms. The SMILES string of the molecule is CCc1ccc(OCCCCn2c(CCCO)nc3ccccc32)cc1. The van der Waals surface area contributed by atoms with E-state index in [0.717, 1.165) is 62.3 Å². The molecule has 0 aliphatic rings.